The van der Waals surface area contributed by atoms with E-state index in [1.807, 2.05) is 38.1 Å². The van der Waals surface area contributed by atoms with Crippen molar-refractivity contribution in [3.8, 4) is 0 Å². The number of rotatable bonds is 6. The third-order valence-electron chi connectivity index (χ3n) is 11.2. The van der Waals surface area contributed by atoms with Crippen molar-refractivity contribution in [3.05, 3.63) is 59.2 Å². The highest BCUT2D eigenvalue weighted by molar-refractivity contribution is 6.01. The molecule has 4 aliphatic carbocycles. The van der Waals surface area contributed by atoms with Crippen LogP contribution < -0.4 is 0 Å². The molecular weight excluding hydrogens is 539 g/mol. The van der Waals surface area contributed by atoms with E-state index >= 15 is 4.39 Å². The van der Waals surface area contributed by atoms with E-state index in [-0.39, 0.29) is 24.5 Å². The third-order valence-corrected chi connectivity index (χ3v) is 11.2. The zero-order valence-electron chi connectivity index (χ0n) is 25.1. The number of halogens is 1. The Morgan fingerprint density at radius 3 is 2.62 bits per heavy atom. The summed E-state index contributed by atoms with van der Waals surface area (Å²) < 4.78 is 35.9. The van der Waals surface area contributed by atoms with Crippen LogP contribution in [0.15, 0.2) is 48.1 Å². The summed E-state index contributed by atoms with van der Waals surface area (Å²) in [5.74, 6) is -3.14. The van der Waals surface area contributed by atoms with E-state index in [1.54, 1.807) is 26.8 Å². The molecule has 6 rings (SSSR count). The maximum atomic E-state index is 17.5. The van der Waals surface area contributed by atoms with Gasteiger partial charge in [0.1, 0.15) is 0 Å². The lowest BCUT2D eigenvalue weighted by Gasteiger charge is -2.62. The molecule has 5 aliphatic rings. The van der Waals surface area contributed by atoms with Gasteiger partial charge < -0.3 is 19.3 Å². The van der Waals surface area contributed by atoms with Crippen LogP contribution in [0.1, 0.15) is 71.4 Å². The highest BCUT2D eigenvalue weighted by Crippen LogP contribution is 2.72. The molecule has 1 aromatic rings. The fourth-order valence-electron chi connectivity index (χ4n) is 9.24. The first-order valence-corrected chi connectivity index (χ1v) is 15.2. The summed E-state index contributed by atoms with van der Waals surface area (Å²) >= 11 is 0. The fraction of sp³-hybridized carbons (Fsp3) is 0.618. The lowest BCUT2D eigenvalue weighted by Crippen LogP contribution is -2.70. The number of aliphatic hydroxyl groups excluding tert-OH is 1. The quantitative estimate of drug-likeness (QED) is 0.484. The molecule has 1 aliphatic heterocycles. The summed E-state index contributed by atoms with van der Waals surface area (Å²) in [7, 11) is 0. The summed E-state index contributed by atoms with van der Waals surface area (Å²) in [6.07, 6.45) is 4.60. The molecule has 4 fully saturated rings. The minimum absolute atomic E-state index is 0.0330. The van der Waals surface area contributed by atoms with Crippen molar-refractivity contribution >= 4 is 17.5 Å². The number of ether oxygens (including phenoxy) is 3. The van der Waals surface area contributed by atoms with Gasteiger partial charge in [0.15, 0.2) is 29.4 Å². The number of carbonyl (C=O) groups is 3. The van der Waals surface area contributed by atoms with E-state index in [0.29, 0.717) is 24.8 Å². The van der Waals surface area contributed by atoms with Crippen LogP contribution in [0, 0.1) is 22.7 Å². The molecular formula is C34H41FO7. The summed E-state index contributed by atoms with van der Waals surface area (Å²) in [5, 5.41) is 11.7. The molecule has 0 spiro atoms. The van der Waals surface area contributed by atoms with Crippen LogP contribution in [0.25, 0.3) is 0 Å². The summed E-state index contributed by atoms with van der Waals surface area (Å²) in [4.78, 5) is 39.2. The van der Waals surface area contributed by atoms with Crippen molar-refractivity contribution in [2.24, 2.45) is 22.7 Å². The Hall–Kier alpha value is -2.68. The van der Waals surface area contributed by atoms with Crippen LogP contribution in [0.4, 0.5) is 4.39 Å². The topological polar surface area (TPSA) is 99.1 Å². The van der Waals surface area contributed by atoms with Crippen LogP contribution in [-0.2, 0) is 41.4 Å². The lowest BCUT2D eigenvalue weighted by molar-refractivity contribution is -0.246. The van der Waals surface area contributed by atoms with Gasteiger partial charge in [0, 0.05) is 16.7 Å². The monoisotopic (exact) mass is 580 g/mol. The van der Waals surface area contributed by atoms with Gasteiger partial charge in [-0.2, -0.15) is 0 Å². The highest BCUT2D eigenvalue weighted by atomic mass is 19.1. The molecule has 8 atom stereocenters. The number of Topliss-reactive ketones (excluding diaryl/α,β-unsaturated/α-hetero) is 1. The number of ketones is 2. The largest absolute Gasteiger partial charge is 0.457 e. The Labute approximate surface area is 246 Å². The number of benzene rings is 1. The number of alkyl halides is 1. The molecule has 0 amide bonds. The zero-order chi connectivity index (χ0) is 30.3. The van der Waals surface area contributed by atoms with E-state index in [4.69, 9.17) is 14.2 Å². The molecule has 0 bridgehead atoms. The number of aryl methyl sites for hydroxylation is 1. The SMILES string of the molecule is CCc1cccc(CC(=O)OCC(=O)[C@@]23OC(C)(C)O[C@@H]2C[C@H]2C4CCC5=CC(=O)C=C[C@]5(C)[C@@]4(F)[C@@H](O)C[C@@]23C)c1. The van der Waals surface area contributed by atoms with E-state index in [2.05, 4.69) is 0 Å². The Morgan fingerprint density at radius 2 is 1.88 bits per heavy atom. The number of hydrogen-bond acceptors (Lipinski definition) is 7. The molecule has 8 heteroatoms. The zero-order valence-corrected chi connectivity index (χ0v) is 25.1. The van der Waals surface area contributed by atoms with Gasteiger partial charge in [0.05, 0.1) is 18.6 Å². The Kier molecular flexibility index (Phi) is 6.76. The van der Waals surface area contributed by atoms with Crippen LogP contribution in [0.2, 0.25) is 0 Å². The molecule has 3 saturated carbocycles. The Balaban J connectivity index is 1.29. The second-order valence-corrected chi connectivity index (χ2v) is 13.8. The number of aliphatic hydroxyl groups is 1. The molecule has 1 N–H and O–H groups in total. The molecule has 0 aromatic heterocycles. The maximum absolute atomic E-state index is 17.5. The van der Waals surface area contributed by atoms with Crippen molar-refractivity contribution in [2.75, 3.05) is 6.61 Å². The average molecular weight is 581 g/mol. The van der Waals surface area contributed by atoms with E-state index in [0.717, 1.165) is 17.5 Å². The van der Waals surface area contributed by atoms with Gasteiger partial charge in [-0.25, -0.2) is 4.39 Å². The summed E-state index contributed by atoms with van der Waals surface area (Å²) in [6.45, 7) is 8.69. The first-order chi connectivity index (χ1) is 19.7. The standard InChI is InChI=1S/C34H41FO7/c1-6-20-8-7-9-21(14-20)15-29(39)40-19-27(38)34-28(41-30(2,3)42-34)17-25-24-11-10-22-16-23(36)12-13-31(22,4)33(24,35)26(37)18-32(25,34)5/h7-9,12-14,16,24-26,28,37H,6,10-11,15,17-19H2,1-5H3/t24?,25-,26-,28+,31-,32-,33-,34+/m0/s1. The minimum atomic E-state index is -2.03. The van der Waals surface area contributed by atoms with Crippen LogP contribution in [-0.4, -0.2) is 58.5 Å². The van der Waals surface area contributed by atoms with Gasteiger partial charge >= 0.3 is 5.97 Å². The fourth-order valence-corrected chi connectivity index (χ4v) is 9.24. The third kappa shape index (κ3) is 3.97. The van der Waals surface area contributed by atoms with Gasteiger partial charge in [-0.3, -0.25) is 14.4 Å². The molecule has 1 heterocycles. The number of allylic oxidation sites excluding steroid dienone is 4. The van der Waals surface area contributed by atoms with E-state index in [9.17, 15) is 19.5 Å². The van der Waals surface area contributed by atoms with Crippen molar-refractivity contribution in [1.82, 2.24) is 0 Å². The predicted molar refractivity (Wildman–Crippen MR) is 152 cm³/mol. The average Bonchev–Trinajstić information content (AvgIpc) is 3.34. The van der Waals surface area contributed by atoms with E-state index < -0.39 is 64.4 Å². The van der Waals surface area contributed by atoms with Gasteiger partial charge in [0.25, 0.3) is 0 Å². The van der Waals surface area contributed by atoms with Crippen molar-refractivity contribution in [1.29, 1.82) is 0 Å². The molecule has 0 radical (unpaired) electrons. The number of hydrogen-bond donors (Lipinski definition) is 1. The predicted octanol–water partition coefficient (Wildman–Crippen LogP) is 4.77. The lowest BCUT2D eigenvalue weighted by atomic mass is 9.44. The highest BCUT2D eigenvalue weighted by Gasteiger charge is 2.80. The van der Waals surface area contributed by atoms with Crippen LogP contribution in [0.3, 0.4) is 0 Å². The number of esters is 1. The molecule has 1 unspecified atom stereocenters. The van der Waals surface area contributed by atoms with Gasteiger partial charge in [0.2, 0.25) is 5.78 Å². The molecule has 1 aromatic carbocycles. The van der Waals surface area contributed by atoms with Crippen LogP contribution in [0.5, 0.6) is 0 Å². The van der Waals surface area contributed by atoms with Gasteiger partial charge in [-0.1, -0.05) is 49.8 Å². The maximum Gasteiger partial charge on any atom is 0.310 e. The first kappa shape index (κ1) is 29.4. The Bertz CT molecular complexity index is 1400. The smallest absolute Gasteiger partial charge is 0.310 e. The van der Waals surface area contributed by atoms with Crippen LogP contribution >= 0.6 is 0 Å². The van der Waals surface area contributed by atoms with Gasteiger partial charge in [-0.15, -0.1) is 0 Å². The van der Waals surface area contributed by atoms with Gasteiger partial charge in [-0.05, 0) is 82.1 Å². The molecule has 42 heavy (non-hydrogen) atoms. The van der Waals surface area contributed by atoms with Crippen molar-refractivity contribution in [2.45, 2.75) is 102 Å². The number of fused-ring (bicyclic) bond motifs is 7. The molecule has 1 saturated heterocycles. The number of carbonyl (C=O) groups excluding carboxylic acids is 3. The molecule has 226 valence electrons. The second-order valence-electron chi connectivity index (χ2n) is 13.8. The van der Waals surface area contributed by atoms with Crippen molar-refractivity contribution < 1.29 is 38.1 Å². The normalized spacial score (nSPS) is 41.3. The Morgan fingerprint density at radius 1 is 1.14 bits per heavy atom. The van der Waals surface area contributed by atoms with Crippen molar-refractivity contribution in [3.63, 3.8) is 0 Å². The first-order valence-electron chi connectivity index (χ1n) is 15.2. The summed E-state index contributed by atoms with van der Waals surface area (Å²) in [6, 6.07) is 7.69. The van der Waals surface area contributed by atoms with E-state index in [1.165, 1.54) is 12.2 Å². The summed E-state index contributed by atoms with van der Waals surface area (Å²) in [5.41, 5.74) is -3.04. The minimum Gasteiger partial charge on any atom is -0.457 e. The molecule has 7 nitrogen and oxygen atoms in total. The second kappa shape index (κ2) is 9.66.